The van der Waals surface area contributed by atoms with Crippen molar-refractivity contribution >= 4 is 28.4 Å². The van der Waals surface area contributed by atoms with Gasteiger partial charge in [-0.1, -0.05) is 29.8 Å². The van der Waals surface area contributed by atoms with Crippen molar-refractivity contribution in [3.8, 4) is 0 Å². The Balaban J connectivity index is 1.64. The number of amides is 1. The molecule has 0 saturated carbocycles. The molecule has 0 bridgehead atoms. The van der Waals surface area contributed by atoms with Crippen LogP contribution in [0.5, 0.6) is 0 Å². The molecule has 0 atom stereocenters. The lowest BCUT2D eigenvalue weighted by Crippen LogP contribution is -2.36. The third-order valence-electron chi connectivity index (χ3n) is 5.60. The zero-order valence-corrected chi connectivity index (χ0v) is 19.1. The first-order valence-corrected chi connectivity index (χ1v) is 11.0. The lowest BCUT2D eigenvalue weighted by Gasteiger charge is -2.27. The van der Waals surface area contributed by atoms with Gasteiger partial charge in [0, 0.05) is 56.9 Å². The molecule has 8 heteroatoms. The van der Waals surface area contributed by atoms with Crippen LogP contribution in [-0.4, -0.2) is 55.9 Å². The fraction of sp³-hybridized carbons (Fsp3) is 0.333. The molecule has 32 heavy (non-hydrogen) atoms. The molecule has 2 heterocycles. The van der Waals surface area contributed by atoms with Crippen molar-refractivity contribution in [3.05, 3.63) is 80.6 Å². The molecular weight excluding hydrogens is 428 g/mol. The Morgan fingerprint density at radius 3 is 2.47 bits per heavy atom. The number of aromatic nitrogens is 1. The number of halogens is 1. The van der Waals surface area contributed by atoms with Crippen LogP contribution >= 0.6 is 11.6 Å². The van der Waals surface area contributed by atoms with Gasteiger partial charge >= 0.3 is 0 Å². The lowest BCUT2D eigenvalue weighted by molar-refractivity contribution is 0.0342. The summed E-state index contributed by atoms with van der Waals surface area (Å²) in [5, 5.41) is 5.86. The van der Waals surface area contributed by atoms with E-state index in [2.05, 4.69) is 10.2 Å². The maximum atomic E-state index is 13.3. The standard InChI is InChI=1S/C24H27ClN4O3/c1-27(2)29-16-21(24(31)26-14-17-3-6-19(25)7-4-17)23(30)20-13-18(5-8-22(20)29)15-28-9-11-32-12-10-28/h3-8,13,16H,9-12,14-15H2,1-2H3,(H,26,31). The summed E-state index contributed by atoms with van der Waals surface area (Å²) >= 11 is 5.92. The normalized spacial score (nSPS) is 14.5. The fourth-order valence-electron chi connectivity index (χ4n) is 3.85. The van der Waals surface area contributed by atoms with Gasteiger partial charge < -0.3 is 15.1 Å². The van der Waals surface area contributed by atoms with E-state index in [9.17, 15) is 9.59 Å². The number of nitrogens with zero attached hydrogens (tertiary/aromatic N) is 3. The van der Waals surface area contributed by atoms with Crippen LogP contribution in [-0.2, 0) is 17.8 Å². The highest BCUT2D eigenvalue weighted by molar-refractivity contribution is 6.30. The van der Waals surface area contributed by atoms with Gasteiger partial charge in [-0.25, -0.2) is 0 Å². The summed E-state index contributed by atoms with van der Waals surface area (Å²) in [6.07, 6.45) is 1.60. The van der Waals surface area contributed by atoms with E-state index in [1.165, 1.54) is 0 Å². The Labute approximate surface area is 192 Å². The Bertz CT molecular complexity index is 1170. The Hall–Kier alpha value is -2.87. The summed E-state index contributed by atoms with van der Waals surface area (Å²) in [7, 11) is 3.75. The fourth-order valence-corrected chi connectivity index (χ4v) is 3.97. The summed E-state index contributed by atoms with van der Waals surface area (Å²) in [6.45, 7) is 4.23. The number of hydrogen-bond donors (Lipinski definition) is 1. The molecular formula is C24H27ClN4O3. The molecule has 7 nitrogen and oxygen atoms in total. The first-order chi connectivity index (χ1) is 15.4. The van der Waals surface area contributed by atoms with Gasteiger partial charge in [-0.05, 0) is 35.4 Å². The van der Waals surface area contributed by atoms with Gasteiger partial charge in [0.1, 0.15) is 5.56 Å². The van der Waals surface area contributed by atoms with Crippen LogP contribution < -0.4 is 15.8 Å². The number of carbonyl (C=O) groups is 1. The summed E-state index contributed by atoms with van der Waals surface area (Å²) in [4.78, 5) is 28.5. The second-order valence-electron chi connectivity index (χ2n) is 8.11. The molecule has 1 amide bonds. The molecule has 0 unspecified atom stereocenters. The predicted octanol–water partition coefficient (Wildman–Crippen LogP) is 2.61. The van der Waals surface area contributed by atoms with Crippen molar-refractivity contribution in [1.29, 1.82) is 0 Å². The third-order valence-corrected chi connectivity index (χ3v) is 5.85. The zero-order valence-electron chi connectivity index (χ0n) is 18.3. The summed E-state index contributed by atoms with van der Waals surface area (Å²) in [5.74, 6) is -0.402. The average Bonchev–Trinajstić information content (AvgIpc) is 2.79. The topological polar surface area (TPSA) is 66.8 Å². The maximum absolute atomic E-state index is 13.3. The molecule has 1 N–H and O–H groups in total. The van der Waals surface area contributed by atoms with Gasteiger partial charge in [0.05, 0.1) is 18.7 Å². The van der Waals surface area contributed by atoms with Crippen LogP contribution in [0.25, 0.3) is 10.9 Å². The van der Waals surface area contributed by atoms with Gasteiger partial charge in [-0.2, -0.15) is 0 Å². The molecule has 0 aliphatic carbocycles. The number of rotatable bonds is 6. The highest BCUT2D eigenvalue weighted by Gasteiger charge is 2.18. The minimum Gasteiger partial charge on any atom is -0.379 e. The number of hydrogen-bond acceptors (Lipinski definition) is 5. The molecule has 1 fully saturated rings. The monoisotopic (exact) mass is 454 g/mol. The predicted molar refractivity (Wildman–Crippen MR) is 127 cm³/mol. The van der Waals surface area contributed by atoms with E-state index in [-0.39, 0.29) is 11.0 Å². The van der Waals surface area contributed by atoms with Gasteiger partial charge in [0.15, 0.2) is 0 Å². The highest BCUT2D eigenvalue weighted by atomic mass is 35.5. The number of carbonyl (C=O) groups excluding carboxylic acids is 1. The van der Waals surface area contributed by atoms with Crippen molar-refractivity contribution in [3.63, 3.8) is 0 Å². The Morgan fingerprint density at radius 2 is 1.78 bits per heavy atom. The molecule has 2 aromatic carbocycles. The third kappa shape index (κ3) is 4.96. The molecule has 3 aromatic rings. The van der Waals surface area contributed by atoms with Crippen molar-refractivity contribution < 1.29 is 9.53 Å². The molecule has 0 spiro atoms. The van der Waals surface area contributed by atoms with Crippen LogP contribution in [0.2, 0.25) is 5.02 Å². The number of nitrogens with one attached hydrogen (secondary N) is 1. The second kappa shape index (κ2) is 9.73. The number of pyridine rings is 1. The van der Waals surface area contributed by atoms with E-state index < -0.39 is 5.91 Å². The van der Waals surface area contributed by atoms with E-state index in [4.69, 9.17) is 16.3 Å². The number of benzene rings is 2. The zero-order chi connectivity index (χ0) is 22.7. The van der Waals surface area contributed by atoms with Gasteiger partial charge in [-0.15, -0.1) is 0 Å². The quantitative estimate of drug-likeness (QED) is 0.620. The largest absolute Gasteiger partial charge is 0.379 e. The molecule has 1 saturated heterocycles. The van der Waals surface area contributed by atoms with Crippen molar-refractivity contribution in [2.24, 2.45) is 0 Å². The number of ether oxygens (including phenoxy) is 1. The van der Waals surface area contributed by atoms with E-state index >= 15 is 0 Å². The van der Waals surface area contributed by atoms with Crippen LogP contribution in [0, 0.1) is 0 Å². The minimum absolute atomic E-state index is 0.115. The van der Waals surface area contributed by atoms with Crippen LogP contribution in [0.1, 0.15) is 21.5 Å². The van der Waals surface area contributed by atoms with Gasteiger partial charge in [0.2, 0.25) is 5.43 Å². The van der Waals surface area contributed by atoms with E-state index in [0.717, 1.165) is 49.5 Å². The van der Waals surface area contributed by atoms with Crippen LogP contribution in [0.3, 0.4) is 0 Å². The first kappa shape index (κ1) is 22.3. The van der Waals surface area contributed by atoms with Crippen molar-refractivity contribution in [1.82, 2.24) is 14.9 Å². The van der Waals surface area contributed by atoms with E-state index in [1.54, 1.807) is 18.3 Å². The molecule has 1 aliphatic rings. The SMILES string of the molecule is CN(C)n1cc(C(=O)NCc2ccc(Cl)cc2)c(=O)c2cc(CN3CCOCC3)ccc21. The van der Waals surface area contributed by atoms with Gasteiger partial charge in [0.25, 0.3) is 5.91 Å². The van der Waals surface area contributed by atoms with Crippen LogP contribution in [0.4, 0.5) is 0 Å². The summed E-state index contributed by atoms with van der Waals surface area (Å²) in [5.41, 5.74) is 2.56. The number of morpholine rings is 1. The molecule has 4 rings (SSSR count). The highest BCUT2D eigenvalue weighted by Crippen LogP contribution is 2.17. The first-order valence-electron chi connectivity index (χ1n) is 10.6. The average molecular weight is 455 g/mol. The van der Waals surface area contributed by atoms with E-state index in [0.29, 0.717) is 17.0 Å². The summed E-state index contributed by atoms with van der Waals surface area (Å²) in [6, 6.07) is 13.1. The van der Waals surface area contributed by atoms with Crippen LogP contribution in [0.15, 0.2) is 53.5 Å². The van der Waals surface area contributed by atoms with E-state index in [1.807, 2.05) is 54.1 Å². The van der Waals surface area contributed by atoms with Crippen molar-refractivity contribution in [2.45, 2.75) is 13.1 Å². The lowest BCUT2D eigenvalue weighted by atomic mass is 10.1. The smallest absolute Gasteiger partial charge is 0.257 e. The Morgan fingerprint density at radius 1 is 1.09 bits per heavy atom. The molecule has 1 aliphatic heterocycles. The molecule has 168 valence electrons. The summed E-state index contributed by atoms with van der Waals surface area (Å²) < 4.78 is 7.25. The maximum Gasteiger partial charge on any atom is 0.257 e. The van der Waals surface area contributed by atoms with Gasteiger partial charge in [-0.3, -0.25) is 19.2 Å². The van der Waals surface area contributed by atoms with Crippen molar-refractivity contribution in [2.75, 3.05) is 45.4 Å². The molecule has 1 aromatic heterocycles. The Kier molecular flexibility index (Phi) is 6.79. The minimum atomic E-state index is -0.402. The molecule has 0 radical (unpaired) electrons. The number of fused-ring (bicyclic) bond motifs is 1. The second-order valence-corrected chi connectivity index (χ2v) is 8.55.